The molecule has 1 aromatic carbocycles. The third-order valence-corrected chi connectivity index (χ3v) is 6.97. The monoisotopic (exact) mass is 441 g/mol. The lowest BCUT2D eigenvalue weighted by Gasteiger charge is -2.32. The maximum Gasteiger partial charge on any atom is 0.286 e. The molecule has 1 aliphatic heterocycles. The molecule has 164 valence electrons. The van der Waals surface area contributed by atoms with Crippen molar-refractivity contribution >= 4 is 29.4 Å². The summed E-state index contributed by atoms with van der Waals surface area (Å²) < 4.78 is 15.5. The minimum Gasteiger partial charge on any atom is -0.358 e. The second-order valence-corrected chi connectivity index (χ2v) is 9.77. The molecule has 6 nitrogen and oxygen atoms in total. The lowest BCUT2D eigenvalue weighted by molar-refractivity contribution is 0.0498. The van der Waals surface area contributed by atoms with E-state index in [2.05, 4.69) is 48.9 Å². The van der Waals surface area contributed by atoms with Crippen LogP contribution in [0.5, 0.6) is 0 Å². The number of hydrazine groups is 1. The zero-order valence-corrected chi connectivity index (χ0v) is 19.1. The van der Waals surface area contributed by atoms with Crippen molar-refractivity contribution < 1.29 is 9.18 Å². The molecule has 0 radical (unpaired) electrons. The number of carbonyl (C=O) groups is 1. The van der Waals surface area contributed by atoms with Gasteiger partial charge in [-0.2, -0.15) is 10.5 Å². The number of aromatic amines is 1. The van der Waals surface area contributed by atoms with Gasteiger partial charge >= 0.3 is 0 Å². The summed E-state index contributed by atoms with van der Waals surface area (Å²) in [5, 5.41) is 7.24. The number of nitrogens with zero attached hydrogens (tertiary/aromatic N) is 3. The number of amides is 1. The van der Waals surface area contributed by atoms with E-state index in [1.165, 1.54) is 11.6 Å². The quantitative estimate of drug-likeness (QED) is 0.495. The Bertz CT molecular complexity index is 1170. The van der Waals surface area contributed by atoms with Gasteiger partial charge in [0.2, 0.25) is 0 Å². The lowest BCUT2D eigenvalue weighted by atomic mass is 9.92. The number of hydrogen-bond donors (Lipinski definition) is 3. The van der Waals surface area contributed by atoms with Crippen LogP contribution in [0.3, 0.4) is 0 Å². The fraction of sp³-hybridized carbons (Fsp3) is 0.478. The third kappa shape index (κ3) is 3.46. The highest BCUT2D eigenvalue weighted by Gasteiger charge is 2.48. The highest BCUT2D eigenvalue weighted by atomic mass is 32.1. The average molecular weight is 442 g/mol. The SMILES string of the molecule is Cc1[nH]c2ccc(F)cc2c1C(C)CC1CC1N1NC(S)n2nc(C(C)C)cc2C1=O. The van der Waals surface area contributed by atoms with Gasteiger partial charge in [-0.15, -0.1) is 12.6 Å². The Morgan fingerprint density at radius 3 is 2.81 bits per heavy atom. The Kier molecular flexibility index (Phi) is 4.90. The summed E-state index contributed by atoms with van der Waals surface area (Å²) >= 11 is 4.61. The van der Waals surface area contributed by atoms with Gasteiger partial charge in [-0.25, -0.2) is 9.07 Å². The standard InChI is InChI=1S/C23H28FN5OS/c1-11(2)18-10-20-22(30)28(27-23(31)29(20)26-18)19-8-14(19)7-12(3)21-13(4)25-17-6-5-15(24)9-16(17)21/h5-6,9-12,14,19,23,25,27,31H,7-8H2,1-4H3. The van der Waals surface area contributed by atoms with Crippen LogP contribution in [0.15, 0.2) is 24.3 Å². The zero-order chi connectivity index (χ0) is 22.0. The summed E-state index contributed by atoms with van der Waals surface area (Å²) in [7, 11) is 0. The van der Waals surface area contributed by atoms with Crippen LogP contribution in [0.2, 0.25) is 0 Å². The van der Waals surface area contributed by atoms with Crippen molar-refractivity contribution in [2.45, 2.75) is 63.9 Å². The average Bonchev–Trinajstić information content (AvgIpc) is 3.16. The first-order valence-corrected chi connectivity index (χ1v) is 11.4. The number of aryl methyl sites for hydroxylation is 1. The molecule has 0 saturated heterocycles. The van der Waals surface area contributed by atoms with Crippen LogP contribution in [0.4, 0.5) is 4.39 Å². The zero-order valence-electron chi connectivity index (χ0n) is 18.2. The Morgan fingerprint density at radius 2 is 2.06 bits per heavy atom. The van der Waals surface area contributed by atoms with Crippen LogP contribution < -0.4 is 5.43 Å². The van der Waals surface area contributed by atoms with Gasteiger partial charge in [0.1, 0.15) is 11.5 Å². The number of thiol groups is 1. The summed E-state index contributed by atoms with van der Waals surface area (Å²) in [5.74, 6) is 0.637. The predicted octanol–water partition coefficient (Wildman–Crippen LogP) is 4.86. The first-order valence-electron chi connectivity index (χ1n) is 10.9. The molecular formula is C23H28FN5OS. The molecular weight excluding hydrogens is 413 g/mol. The maximum atomic E-state index is 13.8. The Hall–Kier alpha value is -2.32. The number of hydrogen-bond acceptors (Lipinski definition) is 4. The molecule has 5 rings (SSSR count). The number of H-pyrrole nitrogens is 1. The topological polar surface area (TPSA) is 66.0 Å². The van der Waals surface area contributed by atoms with Gasteiger partial charge < -0.3 is 4.98 Å². The van der Waals surface area contributed by atoms with Crippen LogP contribution in [0.1, 0.15) is 78.4 Å². The van der Waals surface area contributed by atoms with Crippen LogP contribution in [0.25, 0.3) is 10.9 Å². The van der Waals surface area contributed by atoms with E-state index in [1.54, 1.807) is 21.8 Å². The number of aromatic nitrogens is 3. The van der Waals surface area contributed by atoms with Crippen molar-refractivity contribution in [3.63, 3.8) is 0 Å². The molecule has 4 unspecified atom stereocenters. The minimum atomic E-state index is -0.363. The molecule has 1 aliphatic carbocycles. The minimum absolute atomic E-state index is 0.0461. The van der Waals surface area contributed by atoms with E-state index < -0.39 is 0 Å². The smallest absolute Gasteiger partial charge is 0.286 e. The van der Waals surface area contributed by atoms with E-state index >= 15 is 0 Å². The van der Waals surface area contributed by atoms with E-state index in [1.807, 2.05) is 13.0 Å². The molecule has 3 aromatic rings. The van der Waals surface area contributed by atoms with E-state index in [0.717, 1.165) is 35.1 Å². The molecule has 2 aromatic heterocycles. The van der Waals surface area contributed by atoms with Gasteiger partial charge in [0, 0.05) is 16.6 Å². The second-order valence-electron chi connectivity index (χ2n) is 9.29. The highest BCUT2D eigenvalue weighted by Crippen LogP contribution is 2.45. The molecule has 0 spiro atoms. The molecule has 3 heterocycles. The first-order chi connectivity index (χ1) is 14.7. The van der Waals surface area contributed by atoms with Crippen LogP contribution >= 0.6 is 12.6 Å². The molecule has 2 aliphatic rings. The van der Waals surface area contributed by atoms with Crippen LogP contribution in [-0.4, -0.2) is 31.7 Å². The Morgan fingerprint density at radius 1 is 1.29 bits per heavy atom. The van der Waals surface area contributed by atoms with Crippen molar-refractivity contribution in [1.82, 2.24) is 25.2 Å². The summed E-state index contributed by atoms with van der Waals surface area (Å²) in [6.07, 6.45) is 1.89. The normalized spacial score (nSPS) is 24.2. The predicted molar refractivity (Wildman–Crippen MR) is 122 cm³/mol. The maximum absolute atomic E-state index is 13.8. The Labute approximate surface area is 186 Å². The molecule has 4 atom stereocenters. The fourth-order valence-corrected chi connectivity index (χ4v) is 5.28. The molecule has 31 heavy (non-hydrogen) atoms. The van der Waals surface area contributed by atoms with E-state index in [4.69, 9.17) is 0 Å². The van der Waals surface area contributed by atoms with Crippen molar-refractivity contribution in [1.29, 1.82) is 0 Å². The van der Waals surface area contributed by atoms with Crippen molar-refractivity contribution in [3.8, 4) is 0 Å². The van der Waals surface area contributed by atoms with Crippen molar-refractivity contribution in [2.24, 2.45) is 5.92 Å². The van der Waals surface area contributed by atoms with Crippen LogP contribution in [0, 0.1) is 18.7 Å². The van der Waals surface area contributed by atoms with Gasteiger partial charge in [-0.05, 0) is 67.3 Å². The second kappa shape index (κ2) is 7.38. The number of rotatable bonds is 5. The number of halogens is 1. The summed E-state index contributed by atoms with van der Waals surface area (Å²) in [6.45, 7) is 8.36. The molecule has 8 heteroatoms. The van der Waals surface area contributed by atoms with Gasteiger partial charge in [0.15, 0.2) is 5.50 Å². The van der Waals surface area contributed by atoms with Gasteiger partial charge in [-0.3, -0.25) is 9.80 Å². The largest absolute Gasteiger partial charge is 0.358 e. The van der Waals surface area contributed by atoms with E-state index in [9.17, 15) is 9.18 Å². The Balaban J connectivity index is 1.33. The molecule has 1 amide bonds. The highest BCUT2D eigenvalue weighted by molar-refractivity contribution is 7.80. The number of carbonyl (C=O) groups excluding carboxylic acids is 1. The van der Waals surface area contributed by atoms with E-state index in [0.29, 0.717) is 11.6 Å². The van der Waals surface area contributed by atoms with Gasteiger partial charge in [-0.1, -0.05) is 20.8 Å². The van der Waals surface area contributed by atoms with Crippen LogP contribution in [-0.2, 0) is 0 Å². The number of fused-ring (bicyclic) bond motifs is 2. The summed E-state index contributed by atoms with van der Waals surface area (Å²) in [5.41, 5.74) is 7.56. The number of benzene rings is 1. The van der Waals surface area contributed by atoms with Crippen molar-refractivity contribution in [2.75, 3.05) is 0 Å². The lowest BCUT2D eigenvalue weighted by Crippen LogP contribution is -2.52. The number of nitrogens with one attached hydrogen (secondary N) is 2. The molecule has 0 bridgehead atoms. The van der Waals surface area contributed by atoms with Crippen molar-refractivity contribution in [3.05, 3.63) is 52.7 Å². The van der Waals surface area contributed by atoms with Gasteiger partial charge in [0.25, 0.3) is 5.91 Å². The summed E-state index contributed by atoms with van der Waals surface area (Å²) in [6, 6.07) is 6.92. The first kappa shape index (κ1) is 20.6. The van der Waals surface area contributed by atoms with Gasteiger partial charge in [0.05, 0.1) is 11.7 Å². The fourth-order valence-electron chi connectivity index (χ4n) is 4.98. The molecule has 2 N–H and O–H groups in total. The third-order valence-electron chi connectivity index (χ3n) is 6.63. The molecule has 1 fully saturated rings. The van der Waals surface area contributed by atoms with E-state index in [-0.39, 0.29) is 35.1 Å². The summed E-state index contributed by atoms with van der Waals surface area (Å²) in [4.78, 5) is 16.5. The molecule has 1 saturated carbocycles.